The Morgan fingerprint density at radius 2 is 1.37 bits per heavy atom. The Morgan fingerprint density at radius 1 is 0.730 bits per heavy atom. The summed E-state index contributed by atoms with van der Waals surface area (Å²) >= 11 is 3.82. The van der Waals surface area contributed by atoms with Crippen LogP contribution in [0.25, 0.3) is 22.0 Å². The molecule has 0 saturated heterocycles. The van der Waals surface area contributed by atoms with E-state index in [-0.39, 0.29) is 25.2 Å². The number of carboxylic acid groups (broad SMARTS) is 1. The molecule has 0 amide bonds. The smallest absolute Gasteiger partial charge is 0.306 e. The maximum Gasteiger partial charge on any atom is 0.306 e. The SMILES string of the molecule is COc1ccc(C(OCC/C(C)=C\C(=O)c2c(Br)c3ccc(-c4cccnc4)cc3n2Cc2ccc(COC(=O)CCC(=O)O)cc2)(c2ccccc2)c2ccc(OC)cc2)cc1. The van der Waals surface area contributed by atoms with Gasteiger partial charge in [0.25, 0.3) is 0 Å². The lowest BCUT2D eigenvalue weighted by Crippen LogP contribution is -2.33. The van der Waals surface area contributed by atoms with E-state index in [9.17, 15) is 14.4 Å². The lowest BCUT2D eigenvalue weighted by molar-refractivity contribution is -0.148. The molecule has 0 saturated carbocycles. The van der Waals surface area contributed by atoms with E-state index in [0.717, 1.165) is 66.9 Å². The fourth-order valence-electron chi connectivity index (χ4n) is 7.60. The predicted molar refractivity (Wildman–Crippen MR) is 246 cm³/mol. The van der Waals surface area contributed by atoms with Crippen molar-refractivity contribution in [1.82, 2.24) is 9.55 Å². The molecule has 0 unspecified atom stereocenters. The molecule has 2 heterocycles. The minimum atomic E-state index is -1.05. The molecule has 1 N–H and O–H groups in total. The van der Waals surface area contributed by atoms with E-state index >= 15 is 0 Å². The molecule has 11 heteroatoms. The standard InChI is InChI=1S/C52H47BrN2O8/c1-35(27-29-63-52(40-9-5-4-6-10-40,41-16-20-43(60-2)21-17-41)42-18-22-44(61-3)23-19-42)30-47(56)51-50(53)45-24-15-38(39-8-7-28-54-32-39)31-46(45)55(51)33-36-11-13-37(14-12-36)34-62-49(59)26-25-48(57)58/h4-24,28,30-32H,25-27,29,33-34H2,1-3H3,(H,57,58)/b35-30-. The van der Waals surface area contributed by atoms with Crippen molar-refractivity contribution < 1.29 is 38.4 Å². The second kappa shape index (κ2) is 20.4. The molecule has 5 aromatic carbocycles. The van der Waals surface area contributed by atoms with Crippen LogP contribution in [0.1, 0.15) is 64.5 Å². The van der Waals surface area contributed by atoms with Gasteiger partial charge in [0.05, 0.1) is 43.7 Å². The third-order valence-electron chi connectivity index (χ3n) is 10.9. The number of nitrogens with zero attached hydrogens (tertiary/aromatic N) is 2. The van der Waals surface area contributed by atoms with Crippen LogP contribution in [0.15, 0.2) is 162 Å². The van der Waals surface area contributed by atoms with Crippen molar-refractivity contribution in [3.8, 4) is 22.6 Å². The van der Waals surface area contributed by atoms with E-state index in [4.69, 9.17) is 24.1 Å². The van der Waals surface area contributed by atoms with E-state index in [1.54, 1.807) is 26.5 Å². The fraction of sp³-hybridized carbons (Fsp3) is 0.192. The van der Waals surface area contributed by atoms with Crippen molar-refractivity contribution in [3.05, 3.63) is 195 Å². The highest BCUT2D eigenvalue weighted by molar-refractivity contribution is 9.10. The highest BCUT2D eigenvalue weighted by atomic mass is 79.9. The van der Waals surface area contributed by atoms with Crippen molar-refractivity contribution in [2.75, 3.05) is 20.8 Å². The van der Waals surface area contributed by atoms with Crippen molar-refractivity contribution in [3.63, 3.8) is 0 Å². The summed E-state index contributed by atoms with van der Waals surface area (Å²) in [6.07, 6.45) is 5.23. The molecule has 0 fully saturated rings. The molecular formula is C52H47BrN2O8. The molecule has 0 aliphatic rings. The third-order valence-corrected chi connectivity index (χ3v) is 11.7. The van der Waals surface area contributed by atoms with Crippen LogP contribution in [0.5, 0.6) is 11.5 Å². The minimum Gasteiger partial charge on any atom is -0.497 e. The number of allylic oxidation sites excluding steroid dienone is 1. The zero-order chi connectivity index (χ0) is 44.3. The summed E-state index contributed by atoms with van der Waals surface area (Å²) in [6, 6.07) is 43.5. The van der Waals surface area contributed by atoms with Crippen LogP contribution in [-0.2, 0) is 37.8 Å². The second-order valence-electron chi connectivity index (χ2n) is 15.1. The van der Waals surface area contributed by atoms with Crippen LogP contribution in [0.2, 0.25) is 0 Å². The van der Waals surface area contributed by atoms with E-state index < -0.39 is 17.5 Å². The molecule has 7 rings (SSSR count). The summed E-state index contributed by atoms with van der Waals surface area (Å²) < 4.78 is 26.1. The van der Waals surface area contributed by atoms with Crippen molar-refractivity contribution >= 4 is 44.6 Å². The molecule has 2 aromatic heterocycles. The molecule has 63 heavy (non-hydrogen) atoms. The number of aromatic nitrogens is 2. The number of carboxylic acids is 1. The molecule has 0 radical (unpaired) electrons. The molecule has 0 atom stereocenters. The van der Waals surface area contributed by atoms with Gasteiger partial charge in [-0.1, -0.05) is 103 Å². The second-order valence-corrected chi connectivity index (χ2v) is 15.8. The molecular weight excluding hydrogens is 860 g/mol. The van der Waals surface area contributed by atoms with Gasteiger partial charge in [0, 0.05) is 29.9 Å². The van der Waals surface area contributed by atoms with Gasteiger partial charge in [-0.25, -0.2) is 0 Å². The molecule has 0 bridgehead atoms. The van der Waals surface area contributed by atoms with Gasteiger partial charge < -0.3 is 28.6 Å². The van der Waals surface area contributed by atoms with E-state index in [1.165, 1.54) is 0 Å². The van der Waals surface area contributed by atoms with E-state index in [0.29, 0.717) is 29.7 Å². The van der Waals surface area contributed by atoms with Crippen molar-refractivity contribution in [1.29, 1.82) is 0 Å². The highest BCUT2D eigenvalue weighted by Gasteiger charge is 2.38. The summed E-state index contributed by atoms with van der Waals surface area (Å²) in [6.45, 7) is 2.64. The van der Waals surface area contributed by atoms with Crippen LogP contribution in [-0.4, -0.2) is 53.2 Å². The number of halogens is 1. The quantitative estimate of drug-likeness (QED) is 0.0365. The average molecular weight is 908 g/mol. The van der Waals surface area contributed by atoms with E-state index in [1.807, 2.05) is 133 Å². The number of esters is 1. The summed E-state index contributed by atoms with van der Waals surface area (Å²) in [5.74, 6) is -0.325. The van der Waals surface area contributed by atoms with Gasteiger partial charge in [-0.15, -0.1) is 0 Å². The molecule has 0 aliphatic carbocycles. The van der Waals surface area contributed by atoms with Gasteiger partial charge in [-0.05, 0) is 105 Å². The number of rotatable bonds is 19. The number of ether oxygens (including phenoxy) is 4. The fourth-order valence-corrected chi connectivity index (χ4v) is 8.34. The number of pyridine rings is 1. The number of fused-ring (bicyclic) bond motifs is 1. The number of aliphatic carboxylic acids is 1. The van der Waals surface area contributed by atoms with Gasteiger partial charge in [0.1, 0.15) is 29.4 Å². The first-order valence-corrected chi connectivity index (χ1v) is 21.3. The van der Waals surface area contributed by atoms with Gasteiger partial charge in [0.2, 0.25) is 5.78 Å². The topological polar surface area (TPSA) is 126 Å². The number of carbonyl (C=O) groups excluding carboxylic acids is 2. The minimum absolute atomic E-state index is 0.0232. The molecule has 320 valence electrons. The van der Waals surface area contributed by atoms with Gasteiger partial charge in [-0.2, -0.15) is 0 Å². The van der Waals surface area contributed by atoms with Crippen LogP contribution < -0.4 is 9.47 Å². The summed E-state index contributed by atoms with van der Waals surface area (Å²) in [4.78, 5) is 41.8. The first-order valence-electron chi connectivity index (χ1n) is 20.5. The van der Waals surface area contributed by atoms with Gasteiger partial charge >= 0.3 is 11.9 Å². The Labute approximate surface area is 374 Å². The Balaban J connectivity index is 1.19. The number of benzene rings is 5. The lowest BCUT2D eigenvalue weighted by atomic mass is 9.80. The first-order chi connectivity index (χ1) is 30.6. The molecule has 0 spiro atoms. The van der Waals surface area contributed by atoms with Crippen molar-refractivity contribution in [2.45, 2.75) is 44.9 Å². The van der Waals surface area contributed by atoms with Crippen LogP contribution in [0.4, 0.5) is 0 Å². The first kappa shape index (κ1) is 44.2. The maximum atomic E-state index is 14.6. The zero-order valence-corrected chi connectivity index (χ0v) is 36.8. The van der Waals surface area contributed by atoms with Crippen LogP contribution in [0.3, 0.4) is 0 Å². The third kappa shape index (κ3) is 10.3. The van der Waals surface area contributed by atoms with E-state index in [2.05, 4.69) is 39.1 Å². The maximum absolute atomic E-state index is 14.6. The van der Waals surface area contributed by atoms with Crippen molar-refractivity contribution in [2.24, 2.45) is 0 Å². The normalized spacial score (nSPS) is 11.7. The Bertz CT molecular complexity index is 2670. The molecule has 7 aromatic rings. The molecule has 0 aliphatic heterocycles. The van der Waals surface area contributed by atoms with Crippen LogP contribution >= 0.6 is 15.9 Å². The Morgan fingerprint density at radius 3 is 1.97 bits per heavy atom. The van der Waals surface area contributed by atoms with Gasteiger partial charge in [-0.3, -0.25) is 19.4 Å². The summed E-state index contributed by atoms with van der Waals surface area (Å²) in [5, 5.41) is 9.77. The Hall–Kier alpha value is -6.82. The zero-order valence-electron chi connectivity index (χ0n) is 35.3. The average Bonchev–Trinajstić information content (AvgIpc) is 3.59. The summed E-state index contributed by atoms with van der Waals surface area (Å²) in [5.41, 5.74) is 7.58. The van der Waals surface area contributed by atoms with Crippen LogP contribution in [0, 0.1) is 0 Å². The number of carbonyl (C=O) groups is 3. The number of ketones is 1. The largest absolute Gasteiger partial charge is 0.497 e. The number of hydrogen-bond donors (Lipinski definition) is 1. The van der Waals surface area contributed by atoms with Gasteiger partial charge in [0.15, 0.2) is 0 Å². The lowest BCUT2D eigenvalue weighted by Gasteiger charge is -2.36. The predicted octanol–water partition coefficient (Wildman–Crippen LogP) is 11.0. The number of methoxy groups -OCH3 is 2. The summed E-state index contributed by atoms with van der Waals surface area (Å²) in [7, 11) is 3.29. The Kier molecular flexibility index (Phi) is 14.3. The molecule has 10 nitrogen and oxygen atoms in total. The number of hydrogen-bond acceptors (Lipinski definition) is 8. The highest BCUT2D eigenvalue weighted by Crippen LogP contribution is 2.42. The monoisotopic (exact) mass is 906 g/mol.